The molecule has 23 heavy (non-hydrogen) atoms. The molecule has 0 saturated heterocycles. The lowest BCUT2D eigenvalue weighted by Gasteiger charge is -1.98. The summed E-state index contributed by atoms with van der Waals surface area (Å²) in [4.78, 5) is 0. The fourth-order valence-electron chi connectivity index (χ4n) is 2.70. The minimum atomic E-state index is 0. The first-order chi connectivity index (χ1) is 10.7. The lowest BCUT2D eigenvalue weighted by atomic mass is 10.1. The number of fused-ring (bicyclic) bond motifs is 2. The highest BCUT2D eigenvalue weighted by molar-refractivity contribution is 5.85. The number of benzene rings is 4. The Balaban J connectivity index is 0.000000160. The maximum absolute atomic E-state index is 2.20. The molecule has 0 saturated carbocycles. The molecule has 4 aromatic rings. The number of hydrogen-bond donors (Lipinski definition) is 0. The van der Waals surface area contributed by atoms with E-state index in [-0.39, 0.29) is 7.43 Å². The molecule has 0 aliphatic rings. The van der Waals surface area contributed by atoms with Crippen LogP contribution in [0.1, 0.15) is 18.6 Å². The molecule has 0 N–H and O–H groups in total. The first-order valence-electron chi connectivity index (χ1n) is 7.64. The van der Waals surface area contributed by atoms with Crippen LogP contribution in [0.4, 0.5) is 0 Å². The van der Waals surface area contributed by atoms with Gasteiger partial charge in [0.05, 0.1) is 0 Å². The predicted octanol–water partition coefficient (Wildman–Crippen LogP) is 6.93. The predicted molar refractivity (Wildman–Crippen MR) is 104 cm³/mol. The molecule has 4 rings (SSSR count). The van der Waals surface area contributed by atoms with E-state index in [1.54, 1.807) is 0 Å². The minimum Gasteiger partial charge on any atom is -0.0776 e. The van der Waals surface area contributed by atoms with Gasteiger partial charge in [0.2, 0.25) is 0 Å². The molecular weight excluding hydrogens is 276 g/mol. The Morgan fingerprint density at radius 1 is 0.522 bits per heavy atom. The summed E-state index contributed by atoms with van der Waals surface area (Å²) in [5, 5.41) is 5.33. The largest absolute Gasteiger partial charge is 0.0776 e. The number of rotatable bonds is 0. The normalized spacial score (nSPS) is 9.83. The standard InChI is InChI=1S/2C11H10.CH4/c1-9-5-4-7-10-6-2-3-8-11(9)10;1-9-6-7-10-4-2-3-5-11(10)8-9;/h2*2-8H,1H3;1H4. The third-order valence-corrected chi connectivity index (χ3v) is 3.91. The van der Waals surface area contributed by atoms with Crippen molar-refractivity contribution in [2.45, 2.75) is 21.3 Å². The number of aryl methyl sites for hydroxylation is 2. The van der Waals surface area contributed by atoms with Crippen LogP contribution in [-0.4, -0.2) is 0 Å². The van der Waals surface area contributed by atoms with Crippen molar-refractivity contribution in [1.82, 2.24) is 0 Å². The molecular formula is C23H24. The summed E-state index contributed by atoms with van der Waals surface area (Å²) in [6, 6.07) is 29.7. The second-order valence-corrected chi connectivity index (χ2v) is 5.65. The van der Waals surface area contributed by atoms with Gasteiger partial charge in [0, 0.05) is 0 Å². The van der Waals surface area contributed by atoms with E-state index in [2.05, 4.69) is 98.8 Å². The summed E-state index contributed by atoms with van der Waals surface area (Å²) in [7, 11) is 0. The maximum Gasteiger partial charge on any atom is -0.0155 e. The van der Waals surface area contributed by atoms with E-state index >= 15 is 0 Å². The molecule has 0 unspecified atom stereocenters. The van der Waals surface area contributed by atoms with Crippen LogP contribution in [0, 0.1) is 13.8 Å². The van der Waals surface area contributed by atoms with Crippen molar-refractivity contribution in [2.24, 2.45) is 0 Å². The summed E-state index contributed by atoms with van der Waals surface area (Å²) in [5.74, 6) is 0. The molecule has 0 aliphatic heterocycles. The highest BCUT2D eigenvalue weighted by atomic mass is 14.0. The minimum absolute atomic E-state index is 0. The monoisotopic (exact) mass is 300 g/mol. The summed E-state index contributed by atoms with van der Waals surface area (Å²) in [6.45, 7) is 4.26. The van der Waals surface area contributed by atoms with E-state index in [9.17, 15) is 0 Å². The molecule has 116 valence electrons. The van der Waals surface area contributed by atoms with E-state index < -0.39 is 0 Å². The van der Waals surface area contributed by atoms with Gasteiger partial charge in [0.25, 0.3) is 0 Å². The van der Waals surface area contributed by atoms with E-state index in [0.717, 1.165) is 0 Å². The molecule has 0 amide bonds. The zero-order chi connectivity index (χ0) is 15.4. The van der Waals surface area contributed by atoms with Gasteiger partial charge in [0.15, 0.2) is 0 Å². The maximum atomic E-state index is 2.20. The summed E-state index contributed by atoms with van der Waals surface area (Å²) >= 11 is 0. The average molecular weight is 300 g/mol. The third-order valence-electron chi connectivity index (χ3n) is 3.91. The molecule has 0 radical (unpaired) electrons. The lowest BCUT2D eigenvalue weighted by molar-refractivity contribution is 1.51. The Kier molecular flexibility index (Phi) is 5.54. The second-order valence-electron chi connectivity index (χ2n) is 5.65. The van der Waals surface area contributed by atoms with Crippen LogP contribution in [0.15, 0.2) is 84.9 Å². The van der Waals surface area contributed by atoms with Crippen molar-refractivity contribution < 1.29 is 0 Å². The van der Waals surface area contributed by atoms with Crippen LogP contribution in [0.5, 0.6) is 0 Å². The van der Waals surface area contributed by atoms with Crippen molar-refractivity contribution in [3.63, 3.8) is 0 Å². The van der Waals surface area contributed by atoms with Gasteiger partial charge in [-0.1, -0.05) is 97.9 Å². The average Bonchev–Trinajstić information content (AvgIpc) is 2.56. The summed E-state index contributed by atoms with van der Waals surface area (Å²) in [5.41, 5.74) is 2.67. The van der Waals surface area contributed by atoms with Crippen LogP contribution in [0.25, 0.3) is 21.5 Å². The van der Waals surface area contributed by atoms with E-state index in [1.165, 1.54) is 32.7 Å². The Morgan fingerprint density at radius 3 is 1.87 bits per heavy atom. The van der Waals surface area contributed by atoms with Crippen molar-refractivity contribution in [3.05, 3.63) is 96.1 Å². The van der Waals surface area contributed by atoms with Gasteiger partial charge in [-0.2, -0.15) is 0 Å². The lowest BCUT2D eigenvalue weighted by Crippen LogP contribution is -1.75. The van der Waals surface area contributed by atoms with Gasteiger partial charge in [-0.05, 0) is 41.0 Å². The van der Waals surface area contributed by atoms with E-state index in [0.29, 0.717) is 0 Å². The Bertz CT molecular complexity index is 892. The van der Waals surface area contributed by atoms with Crippen LogP contribution >= 0.6 is 0 Å². The van der Waals surface area contributed by atoms with E-state index in [4.69, 9.17) is 0 Å². The van der Waals surface area contributed by atoms with Gasteiger partial charge >= 0.3 is 0 Å². The van der Waals surface area contributed by atoms with Crippen LogP contribution in [0.2, 0.25) is 0 Å². The van der Waals surface area contributed by atoms with Crippen LogP contribution in [0.3, 0.4) is 0 Å². The molecule has 0 aliphatic carbocycles. The Morgan fingerprint density at radius 2 is 1.13 bits per heavy atom. The van der Waals surface area contributed by atoms with Crippen molar-refractivity contribution in [1.29, 1.82) is 0 Å². The quantitative estimate of drug-likeness (QED) is 0.330. The molecule has 0 atom stereocenters. The topological polar surface area (TPSA) is 0 Å². The van der Waals surface area contributed by atoms with Gasteiger partial charge < -0.3 is 0 Å². The van der Waals surface area contributed by atoms with Crippen LogP contribution < -0.4 is 0 Å². The fourth-order valence-corrected chi connectivity index (χ4v) is 2.70. The molecule has 0 nitrogen and oxygen atoms in total. The van der Waals surface area contributed by atoms with Gasteiger partial charge in [-0.25, -0.2) is 0 Å². The zero-order valence-electron chi connectivity index (χ0n) is 13.1. The van der Waals surface area contributed by atoms with Gasteiger partial charge in [-0.3, -0.25) is 0 Å². The summed E-state index contributed by atoms with van der Waals surface area (Å²) < 4.78 is 0. The SMILES string of the molecule is C.Cc1ccc2ccccc2c1.Cc1cccc2ccccc12. The molecule has 0 aromatic heterocycles. The Hall–Kier alpha value is -2.60. The molecule has 0 heteroatoms. The second kappa shape index (κ2) is 7.60. The zero-order valence-corrected chi connectivity index (χ0v) is 13.1. The first-order valence-corrected chi connectivity index (χ1v) is 7.64. The number of hydrogen-bond acceptors (Lipinski definition) is 0. The van der Waals surface area contributed by atoms with Crippen molar-refractivity contribution in [2.75, 3.05) is 0 Å². The molecule has 0 fully saturated rings. The molecule has 0 heterocycles. The van der Waals surface area contributed by atoms with Crippen LogP contribution in [-0.2, 0) is 0 Å². The van der Waals surface area contributed by atoms with Crippen molar-refractivity contribution >= 4 is 21.5 Å². The smallest absolute Gasteiger partial charge is 0.0155 e. The fraction of sp³-hybridized carbons (Fsp3) is 0.130. The third kappa shape index (κ3) is 3.98. The van der Waals surface area contributed by atoms with E-state index in [1.807, 2.05) is 0 Å². The summed E-state index contributed by atoms with van der Waals surface area (Å²) in [6.07, 6.45) is 0. The molecule has 0 bridgehead atoms. The first kappa shape index (κ1) is 16.8. The Labute approximate surface area is 139 Å². The highest BCUT2D eigenvalue weighted by Gasteiger charge is 1.92. The van der Waals surface area contributed by atoms with Crippen molar-refractivity contribution in [3.8, 4) is 0 Å². The molecule has 4 aromatic carbocycles. The van der Waals surface area contributed by atoms with Gasteiger partial charge in [0.1, 0.15) is 0 Å². The molecule has 0 spiro atoms. The highest BCUT2D eigenvalue weighted by Crippen LogP contribution is 2.16. The van der Waals surface area contributed by atoms with Gasteiger partial charge in [-0.15, -0.1) is 0 Å².